The van der Waals surface area contributed by atoms with Crippen molar-refractivity contribution in [2.75, 3.05) is 5.32 Å². The maximum Gasteiger partial charge on any atom is 0.123 e. The lowest BCUT2D eigenvalue weighted by Gasteiger charge is -2.07. The van der Waals surface area contributed by atoms with Gasteiger partial charge in [-0.1, -0.05) is 22.9 Å². The van der Waals surface area contributed by atoms with Crippen molar-refractivity contribution < 1.29 is 4.42 Å². The summed E-state index contributed by atoms with van der Waals surface area (Å²) in [6, 6.07) is 10.1. The molecule has 0 amide bonds. The number of hydrogen-bond acceptors (Lipinski definition) is 2. The molecule has 0 aliphatic rings. The largest absolute Gasteiger partial charge is 0.464 e. The first-order valence-corrected chi connectivity index (χ1v) is 7.04. The average molecular weight is 359 g/mol. The molecule has 4 heteroatoms. The van der Waals surface area contributed by atoms with Gasteiger partial charge < -0.3 is 9.73 Å². The summed E-state index contributed by atoms with van der Waals surface area (Å²) in [5, 5.41) is 3.34. The fourth-order valence-corrected chi connectivity index (χ4v) is 2.27. The average Bonchev–Trinajstić information content (AvgIpc) is 2.78. The number of hydrogen-bond donors (Lipinski definition) is 1. The van der Waals surface area contributed by atoms with Crippen LogP contribution < -0.4 is 5.32 Å². The van der Waals surface area contributed by atoms with Gasteiger partial charge in [0.15, 0.2) is 0 Å². The van der Waals surface area contributed by atoms with Gasteiger partial charge in [0, 0.05) is 21.1 Å². The van der Waals surface area contributed by atoms with Gasteiger partial charge in [-0.15, -0.1) is 0 Å². The van der Waals surface area contributed by atoms with Crippen LogP contribution in [0.25, 0.3) is 0 Å². The van der Waals surface area contributed by atoms with Crippen molar-refractivity contribution in [3.63, 3.8) is 0 Å². The number of benzene rings is 1. The lowest BCUT2D eigenvalue weighted by atomic mass is 10.3. The van der Waals surface area contributed by atoms with Gasteiger partial charge >= 0.3 is 0 Å². The molecule has 0 spiro atoms. The Morgan fingerprint density at radius 2 is 1.88 bits per heavy atom. The highest BCUT2D eigenvalue weighted by Gasteiger charge is 2.03. The van der Waals surface area contributed by atoms with E-state index in [1.54, 1.807) is 0 Å². The molecule has 0 saturated carbocycles. The lowest BCUT2D eigenvalue weighted by molar-refractivity contribution is 0.476. The van der Waals surface area contributed by atoms with Gasteiger partial charge in [0.1, 0.15) is 11.5 Å². The van der Waals surface area contributed by atoms with Gasteiger partial charge in [-0.05, 0) is 46.3 Å². The van der Waals surface area contributed by atoms with E-state index in [-0.39, 0.29) is 0 Å². The minimum atomic E-state index is 0.690. The summed E-state index contributed by atoms with van der Waals surface area (Å²) in [6.45, 7) is 2.77. The minimum absolute atomic E-state index is 0.690. The number of anilines is 1. The quantitative estimate of drug-likeness (QED) is 0.833. The molecule has 2 aromatic rings. The predicted molar refractivity (Wildman–Crippen MR) is 77.3 cm³/mol. The van der Waals surface area contributed by atoms with Crippen LogP contribution in [0.1, 0.15) is 18.4 Å². The highest BCUT2D eigenvalue weighted by molar-refractivity contribution is 9.11. The minimum Gasteiger partial charge on any atom is -0.464 e. The third-order valence-electron chi connectivity index (χ3n) is 2.45. The second-order valence-electron chi connectivity index (χ2n) is 3.70. The normalized spacial score (nSPS) is 10.5. The number of furan rings is 1. The molecule has 2 nitrogen and oxygen atoms in total. The van der Waals surface area contributed by atoms with Crippen LogP contribution in [0, 0.1) is 0 Å². The van der Waals surface area contributed by atoms with E-state index in [0.717, 1.165) is 32.6 Å². The molecule has 0 bridgehead atoms. The topological polar surface area (TPSA) is 25.2 Å². The van der Waals surface area contributed by atoms with Crippen LogP contribution in [0.15, 0.2) is 43.7 Å². The smallest absolute Gasteiger partial charge is 0.123 e. The van der Waals surface area contributed by atoms with E-state index in [2.05, 4.69) is 44.1 Å². The maximum absolute atomic E-state index is 5.64. The second kappa shape index (κ2) is 5.74. The highest BCUT2D eigenvalue weighted by atomic mass is 79.9. The van der Waals surface area contributed by atoms with Gasteiger partial charge in [0.25, 0.3) is 0 Å². The molecule has 0 fully saturated rings. The van der Waals surface area contributed by atoms with Crippen molar-refractivity contribution in [1.82, 2.24) is 0 Å². The highest BCUT2D eigenvalue weighted by Crippen LogP contribution is 2.26. The van der Waals surface area contributed by atoms with Crippen molar-refractivity contribution in [1.29, 1.82) is 0 Å². The van der Waals surface area contributed by atoms with Crippen LogP contribution in [0.2, 0.25) is 0 Å². The zero-order chi connectivity index (χ0) is 12.3. The van der Waals surface area contributed by atoms with E-state index in [9.17, 15) is 0 Å². The van der Waals surface area contributed by atoms with Crippen molar-refractivity contribution in [2.24, 2.45) is 0 Å². The molecule has 1 aromatic heterocycles. The number of halogens is 2. The zero-order valence-electron chi connectivity index (χ0n) is 9.47. The van der Waals surface area contributed by atoms with Crippen molar-refractivity contribution in [3.05, 3.63) is 50.8 Å². The summed E-state index contributed by atoms with van der Waals surface area (Å²) in [4.78, 5) is 0. The van der Waals surface area contributed by atoms with Crippen LogP contribution in [0.5, 0.6) is 0 Å². The first kappa shape index (κ1) is 12.7. The van der Waals surface area contributed by atoms with Crippen LogP contribution in [0.4, 0.5) is 5.69 Å². The molecule has 0 aliphatic carbocycles. The monoisotopic (exact) mass is 357 g/mol. The van der Waals surface area contributed by atoms with Crippen LogP contribution >= 0.6 is 31.9 Å². The summed E-state index contributed by atoms with van der Waals surface area (Å²) >= 11 is 6.96. The number of nitrogens with one attached hydrogen (secondary N) is 1. The number of rotatable bonds is 4. The molecule has 0 atom stereocenters. The molecular formula is C13H13Br2NO. The Labute approximate surface area is 118 Å². The molecule has 0 aliphatic heterocycles. The summed E-state index contributed by atoms with van der Waals surface area (Å²) in [5.41, 5.74) is 1.05. The van der Waals surface area contributed by atoms with Crippen LogP contribution in [-0.2, 0) is 13.0 Å². The molecule has 1 aromatic carbocycles. The Morgan fingerprint density at radius 1 is 1.12 bits per heavy atom. The SMILES string of the molecule is CCc1ccc(CNc2cc(Br)ccc2Br)o1. The fourth-order valence-electron chi connectivity index (χ4n) is 1.52. The first-order chi connectivity index (χ1) is 8.19. The summed E-state index contributed by atoms with van der Waals surface area (Å²) in [7, 11) is 0. The third-order valence-corrected chi connectivity index (χ3v) is 3.63. The second-order valence-corrected chi connectivity index (χ2v) is 5.47. The summed E-state index contributed by atoms with van der Waals surface area (Å²) in [6.07, 6.45) is 0.931. The Balaban J connectivity index is 2.04. The van der Waals surface area contributed by atoms with E-state index in [1.165, 1.54) is 0 Å². The van der Waals surface area contributed by atoms with E-state index in [0.29, 0.717) is 6.54 Å². The molecule has 0 radical (unpaired) electrons. The molecule has 0 saturated heterocycles. The van der Waals surface area contributed by atoms with E-state index < -0.39 is 0 Å². The molecule has 17 heavy (non-hydrogen) atoms. The van der Waals surface area contributed by atoms with Gasteiger partial charge in [-0.2, -0.15) is 0 Å². The molecular weight excluding hydrogens is 346 g/mol. The zero-order valence-corrected chi connectivity index (χ0v) is 12.6. The van der Waals surface area contributed by atoms with Crippen LogP contribution in [0.3, 0.4) is 0 Å². The molecule has 0 unspecified atom stereocenters. The standard InChI is InChI=1S/C13H13Br2NO/c1-2-10-4-5-11(17-10)8-16-13-7-9(14)3-6-12(13)15/h3-7,16H,2,8H2,1H3. The Kier molecular flexibility index (Phi) is 4.29. The molecule has 1 N–H and O–H groups in total. The summed E-state index contributed by atoms with van der Waals surface area (Å²) < 4.78 is 7.73. The van der Waals surface area contributed by atoms with E-state index in [1.807, 2.05) is 30.3 Å². The van der Waals surface area contributed by atoms with Gasteiger partial charge in [0.05, 0.1) is 6.54 Å². The Morgan fingerprint density at radius 3 is 2.59 bits per heavy atom. The fraction of sp³-hybridized carbons (Fsp3) is 0.231. The molecule has 90 valence electrons. The maximum atomic E-state index is 5.64. The van der Waals surface area contributed by atoms with Gasteiger partial charge in [-0.3, -0.25) is 0 Å². The van der Waals surface area contributed by atoms with E-state index >= 15 is 0 Å². The van der Waals surface area contributed by atoms with Crippen molar-refractivity contribution in [3.8, 4) is 0 Å². The predicted octanol–water partition coefficient (Wildman–Crippen LogP) is 4.98. The molecule has 1 heterocycles. The van der Waals surface area contributed by atoms with Gasteiger partial charge in [0.2, 0.25) is 0 Å². The van der Waals surface area contributed by atoms with Crippen molar-refractivity contribution in [2.45, 2.75) is 19.9 Å². The third kappa shape index (κ3) is 3.36. The Bertz CT molecular complexity index is 508. The first-order valence-electron chi connectivity index (χ1n) is 5.45. The van der Waals surface area contributed by atoms with Crippen molar-refractivity contribution >= 4 is 37.5 Å². The van der Waals surface area contributed by atoms with Crippen LogP contribution in [-0.4, -0.2) is 0 Å². The Hall–Kier alpha value is -0.740. The number of aryl methyl sites for hydroxylation is 1. The lowest BCUT2D eigenvalue weighted by Crippen LogP contribution is -1.98. The van der Waals surface area contributed by atoms with Gasteiger partial charge in [-0.25, -0.2) is 0 Å². The molecule has 2 rings (SSSR count). The van der Waals surface area contributed by atoms with E-state index in [4.69, 9.17) is 4.42 Å². The summed E-state index contributed by atoms with van der Waals surface area (Å²) in [5.74, 6) is 1.98.